The van der Waals surface area contributed by atoms with Gasteiger partial charge in [0.05, 0.1) is 16.7 Å². The van der Waals surface area contributed by atoms with E-state index in [0.29, 0.717) is 34.9 Å². The lowest BCUT2D eigenvalue weighted by molar-refractivity contribution is 0.929. The van der Waals surface area contributed by atoms with E-state index in [2.05, 4.69) is 113 Å². The van der Waals surface area contributed by atoms with Gasteiger partial charge < -0.3 is 4.57 Å². The van der Waals surface area contributed by atoms with Crippen molar-refractivity contribution in [2.45, 2.75) is 13.8 Å². The summed E-state index contributed by atoms with van der Waals surface area (Å²) in [4.78, 5) is 29.4. The highest BCUT2D eigenvalue weighted by Crippen LogP contribution is 2.43. The van der Waals surface area contributed by atoms with Crippen molar-refractivity contribution in [2.75, 3.05) is 0 Å². The van der Waals surface area contributed by atoms with Crippen molar-refractivity contribution >= 4 is 53.3 Å². The third-order valence-corrected chi connectivity index (χ3v) is 11.8. The third kappa shape index (κ3) is 5.73. The molecule has 0 fully saturated rings. The number of rotatable bonds is 6. The Morgan fingerprint density at radius 1 is 0.379 bits per heavy atom. The molecule has 0 saturated carbocycles. The fourth-order valence-electron chi connectivity index (χ4n) is 8.14. The monoisotopic (exact) mass is 763 g/mol. The second-order valence-electron chi connectivity index (χ2n) is 14.4. The van der Waals surface area contributed by atoms with E-state index in [4.69, 9.17) is 24.9 Å². The smallest absolute Gasteiger partial charge is 0.166 e. The number of hydrogen-bond donors (Lipinski definition) is 0. The number of nitrogens with zero attached hydrogens (tertiary/aromatic N) is 7. The number of aryl methyl sites for hydroxylation is 2. The molecule has 0 unspecified atom stereocenters. The molecule has 0 N–H and O–H groups in total. The van der Waals surface area contributed by atoms with Gasteiger partial charge in [0.15, 0.2) is 23.3 Å². The van der Waals surface area contributed by atoms with Crippen molar-refractivity contribution in [3.8, 4) is 62.4 Å². The summed E-state index contributed by atoms with van der Waals surface area (Å²) in [6.45, 7) is 3.81. The van der Waals surface area contributed by atoms with E-state index >= 15 is 0 Å². The maximum Gasteiger partial charge on any atom is 0.166 e. The molecule has 7 nitrogen and oxygen atoms in total. The van der Waals surface area contributed by atoms with Gasteiger partial charge in [-0.05, 0) is 73.5 Å². The molecule has 0 spiro atoms. The first-order valence-electron chi connectivity index (χ1n) is 19.2. The molecule has 58 heavy (non-hydrogen) atoms. The van der Waals surface area contributed by atoms with Gasteiger partial charge >= 0.3 is 0 Å². The van der Waals surface area contributed by atoms with Gasteiger partial charge in [0, 0.05) is 53.2 Å². The second-order valence-corrected chi connectivity index (χ2v) is 15.5. The van der Waals surface area contributed by atoms with Gasteiger partial charge in [0.2, 0.25) is 0 Å². The first-order valence-corrected chi connectivity index (χ1v) is 20.0. The number of para-hydroxylation sites is 1. The highest BCUT2D eigenvalue weighted by molar-refractivity contribution is 7.25. The minimum Gasteiger partial charge on any atom is -0.309 e. The second kappa shape index (κ2) is 13.7. The molecule has 0 aliphatic carbocycles. The van der Waals surface area contributed by atoms with Crippen molar-refractivity contribution < 1.29 is 0 Å². The molecule has 274 valence electrons. The Labute approximate surface area is 338 Å². The van der Waals surface area contributed by atoms with Gasteiger partial charge in [0.1, 0.15) is 11.6 Å². The zero-order chi connectivity index (χ0) is 38.7. The largest absolute Gasteiger partial charge is 0.309 e. The molecule has 0 aliphatic rings. The van der Waals surface area contributed by atoms with Crippen LogP contribution in [0, 0.1) is 13.8 Å². The Hall–Kier alpha value is -7.42. The van der Waals surface area contributed by atoms with Crippen LogP contribution in [-0.4, -0.2) is 34.5 Å². The average molecular weight is 764 g/mol. The highest BCUT2D eigenvalue weighted by Gasteiger charge is 2.22. The SMILES string of the molecule is Cc1nc(C)nc(-c2ccc3c(c2)c2ccccc2n3-c2ccc(-c3cccc4sc5ccccc5c34)cc2-c2nc(-c3ccccc3)nc(-c3ccccc3)n2)n1. The van der Waals surface area contributed by atoms with Crippen LogP contribution in [0.3, 0.4) is 0 Å². The Balaban J connectivity index is 1.21. The van der Waals surface area contributed by atoms with E-state index < -0.39 is 0 Å². The van der Waals surface area contributed by atoms with Crippen LogP contribution in [0.4, 0.5) is 0 Å². The van der Waals surface area contributed by atoms with Gasteiger partial charge in [-0.25, -0.2) is 29.9 Å². The molecular formula is C50H33N7S. The molecule has 0 bridgehead atoms. The molecule has 0 aliphatic heterocycles. The van der Waals surface area contributed by atoms with Crippen LogP contribution in [0.5, 0.6) is 0 Å². The molecule has 0 atom stereocenters. The van der Waals surface area contributed by atoms with E-state index in [1.54, 1.807) is 0 Å². The van der Waals surface area contributed by atoms with Crippen molar-refractivity contribution in [3.05, 3.63) is 175 Å². The predicted octanol–water partition coefficient (Wildman–Crippen LogP) is 12.5. The summed E-state index contributed by atoms with van der Waals surface area (Å²) in [6.07, 6.45) is 0. The van der Waals surface area contributed by atoms with Crippen molar-refractivity contribution in [3.63, 3.8) is 0 Å². The van der Waals surface area contributed by atoms with Gasteiger partial charge in [-0.3, -0.25) is 0 Å². The quantitative estimate of drug-likeness (QED) is 0.168. The lowest BCUT2D eigenvalue weighted by Gasteiger charge is -2.17. The van der Waals surface area contributed by atoms with Crippen LogP contribution in [0.15, 0.2) is 164 Å². The summed E-state index contributed by atoms with van der Waals surface area (Å²) >= 11 is 1.83. The maximum absolute atomic E-state index is 5.28. The van der Waals surface area contributed by atoms with E-state index in [9.17, 15) is 0 Å². The lowest BCUT2D eigenvalue weighted by atomic mass is 9.96. The van der Waals surface area contributed by atoms with E-state index in [-0.39, 0.29) is 0 Å². The number of aromatic nitrogens is 7. The molecule has 8 heteroatoms. The van der Waals surface area contributed by atoms with Crippen LogP contribution in [0.2, 0.25) is 0 Å². The number of thiophene rings is 1. The number of fused-ring (bicyclic) bond motifs is 6. The van der Waals surface area contributed by atoms with Gasteiger partial charge in [-0.2, -0.15) is 0 Å². The van der Waals surface area contributed by atoms with Crippen LogP contribution < -0.4 is 0 Å². The molecule has 4 aromatic heterocycles. The molecular weight excluding hydrogens is 731 g/mol. The molecule has 0 amide bonds. The standard InChI is InChI=1S/C50H33N7S/c1-30-51-31(2)53-49(52-30)35-25-27-42-39(29-35)37-18-9-11-21-41(37)57(42)43-26-24-34(36-20-13-23-45-46(36)38-19-10-12-22-44(38)58-45)28-40(43)50-55-47(32-14-5-3-6-15-32)54-48(56-50)33-16-7-4-8-17-33/h3-29H,1-2H3. The van der Waals surface area contributed by atoms with E-state index in [1.807, 2.05) is 85.8 Å². The van der Waals surface area contributed by atoms with Crippen LogP contribution in [-0.2, 0) is 0 Å². The Bertz CT molecular complexity index is 3290. The van der Waals surface area contributed by atoms with Crippen molar-refractivity contribution in [1.82, 2.24) is 34.5 Å². The van der Waals surface area contributed by atoms with Gasteiger partial charge in [-0.15, -0.1) is 11.3 Å². The van der Waals surface area contributed by atoms with Crippen LogP contribution in [0.1, 0.15) is 11.6 Å². The van der Waals surface area contributed by atoms with Crippen molar-refractivity contribution in [2.24, 2.45) is 0 Å². The summed E-state index contributed by atoms with van der Waals surface area (Å²) in [6, 6.07) is 57.3. The zero-order valence-electron chi connectivity index (χ0n) is 31.6. The Morgan fingerprint density at radius 2 is 0.966 bits per heavy atom. The molecule has 11 aromatic rings. The molecule has 4 heterocycles. The topological polar surface area (TPSA) is 82.3 Å². The van der Waals surface area contributed by atoms with Crippen LogP contribution >= 0.6 is 11.3 Å². The minimum absolute atomic E-state index is 0.589. The number of benzene rings is 7. The lowest BCUT2D eigenvalue weighted by Crippen LogP contribution is -2.04. The zero-order valence-corrected chi connectivity index (χ0v) is 32.4. The first kappa shape index (κ1) is 33.9. The van der Waals surface area contributed by atoms with Crippen molar-refractivity contribution in [1.29, 1.82) is 0 Å². The van der Waals surface area contributed by atoms with Crippen LogP contribution in [0.25, 0.3) is 104 Å². The maximum atomic E-state index is 5.28. The highest BCUT2D eigenvalue weighted by atomic mass is 32.1. The summed E-state index contributed by atoms with van der Waals surface area (Å²) in [7, 11) is 0. The summed E-state index contributed by atoms with van der Waals surface area (Å²) in [5.74, 6) is 3.87. The Morgan fingerprint density at radius 3 is 1.71 bits per heavy atom. The van der Waals surface area contributed by atoms with Gasteiger partial charge in [0.25, 0.3) is 0 Å². The van der Waals surface area contributed by atoms with Gasteiger partial charge in [-0.1, -0.05) is 115 Å². The average Bonchev–Trinajstić information content (AvgIpc) is 3.82. The molecule has 0 saturated heterocycles. The van der Waals surface area contributed by atoms with E-state index in [1.165, 1.54) is 20.2 Å². The predicted molar refractivity (Wildman–Crippen MR) is 237 cm³/mol. The summed E-state index contributed by atoms with van der Waals surface area (Å²) in [5.41, 5.74) is 8.99. The number of hydrogen-bond acceptors (Lipinski definition) is 7. The summed E-state index contributed by atoms with van der Waals surface area (Å²) in [5, 5.41) is 4.72. The molecule has 7 aromatic carbocycles. The summed E-state index contributed by atoms with van der Waals surface area (Å²) < 4.78 is 4.86. The first-order chi connectivity index (χ1) is 28.6. The fourth-order valence-corrected chi connectivity index (χ4v) is 9.27. The molecule has 0 radical (unpaired) electrons. The third-order valence-electron chi connectivity index (χ3n) is 10.7. The normalized spacial score (nSPS) is 11.6. The van der Waals surface area contributed by atoms with E-state index in [0.717, 1.165) is 60.9 Å². The minimum atomic E-state index is 0.589. The Kier molecular flexibility index (Phi) is 7.97. The fraction of sp³-hybridized carbons (Fsp3) is 0.0400. The molecule has 11 rings (SSSR count).